The Morgan fingerprint density at radius 1 is 0.973 bits per heavy atom. The standard InChI is InChI=1S/C19H21N3O.2C2HF3O2/c23-18-19(8-11-21-18)14-22(12-15-6-9-20-10-7-15)13-17(19)16-4-2-1-3-5-16;2*3-2(4,5)1(6)7/h1-7,9-10,17H,8,11-14H2,(H,21,23);2*(H,6,7)/t17-,19+;;/m0../s1. The van der Waals surface area contributed by atoms with Gasteiger partial charge in [-0.25, -0.2) is 9.59 Å². The van der Waals surface area contributed by atoms with E-state index in [1.165, 1.54) is 11.1 Å². The van der Waals surface area contributed by atoms with Crippen LogP contribution < -0.4 is 5.32 Å². The quantitative estimate of drug-likeness (QED) is 0.515. The smallest absolute Gasteiger partial charge is 0.475 e. The monoisotopic (exact) mass is 535 g/mol. The summed E-state index contributed by atoms with van der Waals surface area (Å²) in [6.07, 6.45) is -5.57. The molecule has 8 nitrogen and oxygen atoms in total. The van der Waals surface area contributed by atoms with E-state index in [1.807, 2.05) is 18.5 Å². The molecule has 4 rings (SSSR count). The van der Waals surface area contributed by atoms with Gasteiger partial charge in [0.25, 0.3) is 0 Å². The lowest BCUT2D eigenvalue weighted by atomic mass is 9.73. The summed E-state index contributed by atoms with van der Waals surface area (Å²) in [6.45, 7) is 3.44. The van der Waals surface area contributed by atoms with Gasteiger partial charge in [0.1, 0.15) is 0 Å². The number of carboxylic acids is 2. The highest BCUT2D eigenvalue weighted by Crippen LogP contribution is 2.47. The van der Waals surface area contributed by atoms with E-state index < -0.39 is 24.3 Å². The van der Waals surface area contributed by atoms with Crippen molar-refractivity contribution in [2.24, 2.45) is 5.41 Å². The van der Waals surface area contributed by atoms with Gasteiger partial charge in [0, 0.05) is 44.5 Å². The molecule has 0 bridgehead atoms. The Hall–Kier alpha value is -3.68. The number of pyridine rings is 1. The molecule has 0 aliphatic carbocycles. The highest BCUT2D eigenvalue weighted by Gasteiger charge is 2.54. The third-order valence-electron chi connectivity index (χ3n) is 5.76. The minimum absolute atomic E-state index is 0.226. The number of likely N-dealkylation sites (tertiary alicyclic amines) is 1. The largest absolute Gasteiger partial charge is 0.490 e. The first-order valence-electron chi connectivity index (χ1n) is 10.7. The first-order chi connectivity index (χ1) is 17.2. The van der Waals surface area contributed by atoms with Gasteiger partial charge in [-0.3, -0.25) is 14.7 Å². The summed E-state index contributed by atoms with van der Waals surface area (Å²) in [5, 5.41) is 17.3. The predicted octanol–water partition coefficient (Wildman–Crippen LogP) is 3.45. The van der Waals surface area contributed by atoms with Crippen molar-refractivity contribution >= 4 is 17.8 Å². The third kappa shape index (κ3) is 8.17. The van der Waals surface area contributed by atoms with Crippen LogP contribution in [-0.4, -0.2) is 69.9 Å². The second kappa shape index (κ2) is 12.0. The van der Waals surface area contributed by atoms with Crippen LogP contribution in [0.25, 0.3) is 0 Å². The molecule has 2 aliphatic heterocycles. The van der Waals surface area contributed by atoms with E-state index >= 15 is 0 Å². The number of benzene rings is 1. The molecule has 2 aliphatic rings. The molecular formula is C23H23F6N3O5. The van der Waals surface area contributed by atoms with Gasteiger partial charge in [-0.1, -0.05) is 30.3 Å². The lowest BCUT2D eigenvalue weighted by Gasteiger charge is -2.27. The van der Waals surface area contributed by atoms with E-state index in [4.69, 9.17) is 19.8 Å². The average molecular weight is 535 g/mol. The molecule has 0 unspecified atom stereocenters. The summed E-state index contributed by atoms with van der Waals surface area (Å²) in [7, 11) is 0. The summed E-state index contributed by atoms with van der Waals surface area (Å²) in [6, 6.07) is 14.6. The first kappa shape index (κ1) is 29.5. The number of nitrogens with zero attached hydrogens (tertiary/aromatic N) is 2. The Morgan fingerprint density at radius 3 is 1.92 bits per heavy atom. The maximum atomic E-state index is 12.6. The average Bonchev–Trinajstić information content (AvgIpc) is 3.37. The molecule has 3 heterocycles. The van der Waals surface area contributed by atoms with Crippen molar-refractivity contribution in [1.29, 1.82) is 0 Å². The second-order valence-electron chi connectivity index (χ2n) is 8.26. The minimum Gasteiger partial charge on any atom is -0.475 e. The van der Waals surface area contributed by atoms with E-state index in [-0.39, 0.29) is 17.2 Å². The van der Waals surface area contributed by atoms with Gasteiger partial charge in [-0.15, -0.1) is 0 Å². The Kier molecular flexibility index (Phi) is 9.61. The number of carbonyl (C=O) groups is 3. The van der Waals surface area contributed by atoms with E-state index in [9.17, 15) is 31.1 Å². The van der Waals surface area contributed by atoms with Crippen molar-refractivity contribution in [2.75, 3.05) is 19.6 Å². The molecule has 2 fully saturated rings. The molecule has 0 radical (unpaired) electrons. The number of nitrogens with one attached hydrogen (secondary N) is 1. The maximum Gasteiger partial charge on any atom is 0.490 e. The van der Waals surface area contributed by atoms with Crippen molar-refractivity contribution in [3.63, 3.8) is 0 Å². The fourth-order valence-electron chi connectivity index (χ4n) is 4.16. The van der Waals surface area contributed by atoms with Crippen molar-refractivity contribution in [1.82, 2.24) is 15.2 Å². The van der Waals surface area contributed by atoms with Crippen LogP contribution in [0.2, 0.25) is 0 Å². The van der Waals surface area contributed by atoms with Gasteiger partial charge in [0.15, 0.2) is 0 Å². The summed E-state index contributed by atoms with van der Waals surface area (Å²) in [4.78, 5) is 36.9. The number of carboxylic acid groups (broad SMARTS) is 2. The molecule has 3 N–H and O–H groups in total. The van der Waals surface area contributed by atoms with Gasteiger partial charge in [-0.2, -0.15) is 26.3 Å². The Bertz CT molecular complexity index is 1040. The number of hydrogen-bond acceptors (Lipinski definition) is 5. The highest BCUT2D eigenvalue weighted by atomic mass is 19.4. The number of hydrogen-bond donors (Lipinski definition) is 3. The second-order valence-corrected chi connectivity index (χ2v) is 8.26. The maximum absolute atomic E-state index is 12.6. The van der Waals surface area contributed by atoms with Crippen LogP contribution in [0, 0.1) is 5.41 Å². The number of halogens is 6. The fourth-order valence-corrected chi connectivity index (χ4v) is 4.16. The predicted molar refractivity (Wildman–Crippen MR) is 116 cm³/mol. The van der Waals surface area contributed by atoms with Crippen LogP contribution in [0.3, 0.4) is 0 Å². The molecule has 2 saturated heterocycles. The zero-order chi connectivity index (χ0) is 27.9. The van der Waals surface area contributed by atoms with Gasteiger partial charge in [0.2, 0.25) is 5.91 Å². The fraction of sp³-hybridized carbons (Fsp3) is 0.391. The SMILES string of the molecule is O=C(O)C(F)(F)F.O=C(O)C(F)(F)F.O=C1NCC[C@]12CN(Cc1ccncc1)C[C@H]2c1ccccc1. The Labute approximate surface area is 206 Å². The lowest BCUT2D eigenvalue weighted by Crippen LogP contribution is -2.37. The summed E-state index contributed by atoms with van der Waals surface area (Å²) in [5.41, 5.74) is 2.26. The van der Waals surface area contributed by atoms with E-state index in [0.29, 0.717) is 0 Å². The number of amides is 1. The molecule has 1 aromatic carbocycles. The number of aliphatic carboxylic acids is 2. The third-order valence-corrected chi connectivity index (χ3v) is 5.76. The molecular weight excluding hydrogens is 512 g/mol. The Morgan fingerprint density at radius 2 is 1.49 bits per heavy atom. The van der Waals surface area contributed by atoms with Crippen LogP contribution in [0.5, 0.6) is 0 Å². The number of rotatable bonds is 3. The van der Waals surface area contributed by atoms with Gasteiger partial charge >= 0.3 is 24.3 Å². The summed E-state index contributed by atoms with van der Waals surface area (Å²) < 4.78 is 63.5. The number of carbonyl (C=O) groups excluding carboxylic acids is 1. The zero-order valence-electron chi connectivity index (χ0n) is 19.1. The topological polar surface area (TPSA) is 120 Å². The van der Waals surface area contributed by atoms with Crippen LogP contribution in [0.15, 0.2) is 54.9 Å². The van der Waals surface area contributed by atoms with E-state index in [1.54, 1.807) is 0 Å². The summed E-state index contributed by atoms with van der Waals surface area (Å²) >= 11 is 0. The molecule has 1 spiro atoms. The molecule has 1 aromatic heterocycles. The van der Waals surface area contributed by atoms with Crippen molar-refractivity contribution in [2.45, 2.75) is 31.2 Å². The van der Waals surface area contributed by atoms with Crippen LogP contribution >= 0.6 is 0 Å². The zero-order valence-corrected chi connectivity index (χ0v) is 19.1. The number of alkyl halides is 6. The molecule has 1 amide bonds. The first-order valence-corrected chi connectivity index (χ1v) is 10.7. The molecule has 37 heavy (non-hydrogen) atoms. The van der Waals surface area contributed by atoms with Crippen molar-refractivity contribution in [3.8, 4) is 0 Å². The Balaban J connectivity index is 0.000000286. The summed E-state index contributed by atoms with van der Waals surface area (Å²) in [5.74, 6) is -5.02. The van der Waals surface area contributed by atoms with Crippen molar-refractivity contribution < 1.29 is 50.9 Å². The highest BCUT2D eigenvalue weighted by molar-refractivity contribution is 5.86. The lowest BCUT2D eigenvalue weighted by molar-refractivity contribution is -0.193. The molecule has 0 saturated carbocycles. The molecule has 14 heteroatoms. The van der Waals surface area contributed by atoms with Crippen LogP contribution in [0.4, 0.5) is 26.3 Å². The van der Waals surface area contributed by atoms with Crippen molar-refractivity contribution in [3.05, 3.63) is 66.0 Å². The van der Waals surface area contributed by atoms with Gasteiger partial charge in [-0.05, 0) is 29.7 Å². The van der Waals surface area contributed by atoms with E-state index in [0.717, 1.165) is 32.6 Å². The minimum atomic E-state index is -5.08. The normalized spacial score (nSPS) is 21.4. The molecule has 2 aromatic rings. The van der Waals surface area contributed by atoms with Crippen LogP contribution in [-0.2, 0) is 20.9 Å². The van der Waals surface area contributed by atoms with Gasteiger partial charge < -0.3 is 15.5 Å². The van der Waals surface area contributed by atoms with E-state index in [2.05, 4.69) is 51.6 Å². The molecule has 202 valence electrons. The number of aromatic nitrogens is 1. The van der Waals surface area contributed by atoms with Crippen LogP contribution in [0.1, 0.15) is 23.5 Å². The van der Waals surface area contributed by atoms with Gasteiger partial charge in [0.05, 0.1) is 5.41 Å². The molecule has 2 atom stereocenters.